The van der Waals surface area contributed by atoms with E-state index in [-0.39, 0.29) is 0 Å². The molecule has 0 amide bonds. The Bertz CT molecular complexity index is 346. The van der Waals surface area contributed by atoms with Gasteiger partial charge in [0.15, 0.2) is 5.11 Å². The molecule has 0 atom stereocenters. The van der Waals surface area contributed by atoms with Gasteiger partial charge in [-0.3, -0.25) is 0 Å². The van der Waals surface area contributed by atoms with Crippen LogP contribution in [-0.2, 0) is 6.42 Å². The molecule has 0 fully saturated rings. The normalized spacial score (nSPS) is 10.3. The molecule has 0 unspecified atom stereocenters. The molecule has 0 saturated carbocycles. The largest absolute Gasteiger partial charge is 0.376 e. The first-order chi connectivity index (χ1) is 8.72. The van der Waals surface area contributed by atoms with E-state index in [9.17, 15) is 0 Å². The first kappa shape index (κ1) is 15.0. The van der Waals surface area contributed by atoms with Crippen LogP contribution in [0, 0.1) is 0 Å². The molecule has 0 heterocycles. The third kappa shape index (κ3) is 6.60. The van der Waals surface area contributed by atoms with Crippen LogP contribution in [0.1, 0.15) is 51.0 Å². The molecule has 0 radical (unpaired) electrons. The monoisotopic (exact) mass is 264 g/mol. The highest BCUT2D eigenvalue weighted by molar-refractivity contribution is 7.80. The molecular weight excluding hydrogens is 240 g/mol. The number of thiocarbonyl (C=S) groups is 1. The fourth-order valence-corrected chi connectivity index (χ4v) is 2.12. The third-order valence-electron chi connectivity index (χ3n) is 3.04. The average molecular weight is 264 g/mol. The van der Waals surface area contributed by atoms with Gasteiger partial charge in [-0.1, -0.05) is 51.2 Å². The summed E-state index contributed by atoms with van der Waals surface area (Å²) in [6.45, 7) is 2.25. The van der Waals surface area contributed by atoms with Gasteiger partial charge in [-0.2, -0.15) is 0 Å². The molecule has 1 rings (SSSR count). The molecule has 3 heteroatoms. The first-order valence-electron chi connectivity index (χ1n) is 6.87. The predicted octanol–water partition coefficient (Wildman–Crippen LogP) is 4.25. The van der Waals surface area contributed by atoms with Crippen LogP contribution >= 0.6 is 12.2 Å². The molecule has 0 bridgehead atoms. The van der Waals surface area contributed by atoms with Crippen LogP contribution in [0.4, 0.5) is 5.69 Å². The second-order valence-corrected chi connectivity index (χ2v) is 5.14. The van der Waals surface area contributed by atoms with Gasteiger partial charge >= 0.3 is 0 Å². The molecule has 0 aliphatic carbocycles. The Hall–Kier alpha value is -1.09. The summed E-state index contributed by atoms with van der Waals surface area (Å²) in [5.74, 6) is 0. The first-order valence-corrected chi connectivity index (χ1v) is 7.28. The zero-order chi connectivity index (χ0) is 13.2. The number of hydrogen-bond acceptors (Lipinski definition) is 1. The Morgan fingerprint density at radius 1 is 1.06 bits per heavy atom. The summed E-state index contributed by atoms with van der Waals surface area (Å²) in [5, 5.41) is 3.25. The molecular formula is C15H24N2S. The van der Waals surface area contributed by atoms with Crippen molar-refractivity contribution in [3.8, 4) is 0 Å². The second kappa shape index (κ2) is 8.92. The van der Waals surface area contributed by atoms with Crippen LogP contribution in [0.15, 0.2) is 24.3 Å². The Labute approximate surface area is 116 Å². The van der Waals surface area contributed by atoms with Crippen molar-refractivity contribution in [2.75, 3.05) is 5.32 Å². The van der Waals surface area contributed by atoms with Crippen molar-refractivity contribution in [3.05, 3.63) is 29.8 Å². The highest BCUT2D eigenvalue weighted by Gasteiger charge is 1.96. The summed E-state index contributed by atoms with van der Waals surface area (Å²) in [7, 11) is 0. The summed E-state index contributed by atoms with van der Waals surface area (Å²) in [5.41, 5.74) is 7.78. The van der Waals surface area contributed by atoms with Gasteiger partial charge in [-0.15, -0.1) is 0 Å². The number of nitrogens with two attached hydrogens (primary N) is 1. The van der Waals surface area contributed by atoms with Crippen LogP contribution in [0.3, 0.4) is 0 Å². The van der Waals surface area contributed by atoms with Gasteiger partial charge in [0, 0.05) is 5.69 Å². The van der Waals surface area contributed by atoms with Gasteiger partial charge in [0.25, 0.3) is 0 Å². The van der Waals surface area contributed by atoms with Gasteiger partial charge in [0.2, 0.25) is 0 Å². The number of hydrogen-bond donors (Lipinski definition) is 2. The van der Waals surface area contributed by atoms with E-state index in [0.29, 0.717) is 5.11 Å². The van der Waals surface area contributed by atoms with Crippen molar-refractivity contribution in [1.29, 1.82) is 0 Å². The van der Waals surface area contributed by atoms with E-state index >= 15 is 0 Å². The van der Waals surface area contributed by atoms with Gasteiger partial charge < -0.3 is 11.1 Å². The Morgan fingerprint density at radius 2 is 1.67 bits per heavy atom. The maximum Gasteiger partial charge on any atom is 0.168 e. The number of nitrogens with one attached hydrogen (secondary N) is 1. The van der Waals surface area contributed by atoms with Crippen LogP contribution in [-0.4, -0.2) is 5.11 Å². The lowest BCUT2D eigenvalue weighted by atomic mass is 10.0. The van der Waals surface area contributed by atoms with E-state index in [1.54, 1.807) is 0 Å². The average Bonchev–Trinajstić information content (AvgIpc) is 2.35. The van der Waals surface area contributed by atoms with E-state index in [4.69, 9.17) is 18.0 Å². The highest BCUT2D eigenvalue weighted by Crippen LogP contribution is 2.13. The number of rotatable bonds is 8. The summed E-state index contributed by atoms with van der Waals surface area (Å²) in [4.78, 5) is 0. The molecule has 0 aliphatic rings. The number of unbranched alkanes of at least 4 members (excludes halogenated alkanes) is 5. The zero-order valence-corrected chi connectivity index (χ0v) is 12.1. The lowest BCUT2D eigenvalue weighted by Gasteiger charge is -2.05. The standard InChI is InChI=1S/C15H24N2S/c1-2-3-4-5-6-7-8-13-9-11-14(12-10-13)17-15(16)18/h9-12H,2-8H2,1H3,(H3,16,17,18). The molecule has 3 N–H and O–H groups in total. The molecule has 100 valence electrons. The third-order valence-corrected chi connectivity index (χ3v) is 3.14. The molecule has 18 heavy (non-hydrogen) atoms. The van der Waals surface area contributed by atoms with Crippen molar-refractivity contribution in [2.45, 2.75) is 51.9 Å². The molecule has 2 nitrogen and oxygen atoms in total. The van der Waals surface area contributed by atoms with Gasteiger partial charge in [-0.25, -0.2) is 0 Å². The van der Waals surface area contributed by atoms with Gasteiger partial charge in [-0.05, 0) is 42.8 Å². The Kier molecular flexibility index (Phi) is 7.42. The summed E-state index contributed by atoms with van der Waals surface area (Å²) in [6, 6.07) is 8.36. The van der Waals surface area contributed by atoms with E-state index < -0.39 is 0 Å². The van der Waals surface area contributed by atoms with E-state index in [1.807, 2.05) is 12.1 Å². The SMILES string of the molecule is CCCCCCCCc1ccc(NC(N)=S)cc1. The molecule has 1 aromatic rings. The van der Waals surface area contributed by atoms with E-state index in [2.05, 4.69) is 24.4 Å². The fourth-order valence-electron chi connectivity index (χ4n) is 2.01. The summed E-state index contributed by atoms with van der Waals surface area (Å²) < 4.78 is 0. The summed E-state index contributed by atoms with van der Waals surface area (Å²) in [6.07, 6.45) is 9.23. The molecule has 0 aliphatic heterocycles. The van der Waals surface area contributed by atoms with Gasteiger partial charge in [0.1, 0.15) is 0 Å². The fraction of sp³-hybridized carbons (Fsp3) is 0.533. The molecule has 0 spiro atoms. The minimum Gasteiger partial charge on any atom is -0.376 e. The lowest BCUT2D eigenvalue weighted by molar-refractivity contribution is 0.607. The molecule has 0 aromatic heterocycles. The molecule has 0 saturated heterocycles. The maximum absolute atomic E-state index is 5.42. The van der Waals surface area contributed by atoms with E-state index in [0.717, 1.165) is 5.69 Å². The smallest absolute Gasteiger partial charge is 0.168 e. The zero-order valence-electron chi connectivity index (χ0n) is 11.2. The predicted molar refractivity (Wildman–Crippen MR) is 83.9 cm³/mol. The van der Waals surface area contributed by atoms with Gasteiger partial charge in [0.05, 0.1) is 0 Å². The summed E-state index contributed by atoms with van der Waals surface area (Å²) >= 11 is 4.80. The minimum absolute atomic E-state index is 0.318. The lowest BCUT2D eigenvalue weighted by Crippen LogP contribution is -2.18. The quantitative estimate of drug-likeness (QED) is 0.544. The van der Waals surface area contributed by atoms with Crippen LogP contribution in [0.2, 0.25) is 0 Å². The maximum atomic E-state index is 5.42. The van der Waals surface area contributed by atoms with Crippen molar-refractivity contribution < 1.29 is 0 Å². The van der Waals surface area contributed by atoms with Crippen LogP contribution < -0.4 is 11.1 Å². The van der Waals surface area contributed by atoms with Crippen LogP contribution in [0.25, 0.3) is 0 Å². The Balaban J connectivity index is 2.20. The second-order valence-electron chi connectivity index (χ2n) is 4.70. The van der Waals surface area contributed by atoms with E-state index in [1.165, 1.54) is 50.5 Å². The Morgan fingerprint density at radius 3 is 2.28 bits per heavy atom. The highest BCUT2D eigenvalue weighted by atomic mass is 32.1. The van der Waals surface area contributed by atoms with Crippen molar-refractivity contribution in [1.82, 2.24) is 0 Å². The van der Waals surface area contributed by atoms with Crippen molar-refractivity contribution in [3.63, 3.8) is 0 Å². The van der Waals surface area contributed by atoms with Crippen molar-refractivity contribution >= 4 is 23.0 Å². The van der Waals surface area contributed by atoms with Crippen LogP contribution in [0.5, 0.6) is 0 Å². The molecule has 1 aromatic carbocycles. The number of anilines is 1. The number of benzene rings is 1. The van der Waals surface area contributed by atoms with Crippen molar-refractivity contribution in [2.24, 2.45) is 5.73 Å². The number of aryl methyl sites for hydroxylation is 1. The topological polar surface area (TPSA) is 38.0 Å². The minimum atomic E-state index is 0.318.